The first-order chi connectivity index (χ1) is 10.3. The summed E-state index contributed by atoms with van der Waals surface area (Å²) in [6, 6.07) is 18.1. The van der Waals surface area contributed by atoms with Gasteiger partial charge in [-0.25, -0.2) is 4.79 Å². The van der Waals surface area contributed by atoms with Gasteiger partial charge in [0.25, 0.3) is 0 Å². The summed E-state index contributed by atoms with van der Waals surface area (Å²) in [7, 11) is 0. The number of alkyl carbamates (subject to hydrolysis) is 1. The molecule has 1 radical (unpaired) electrons. The van der Waals surface area contributed by atoms with E-state index in [9.17, 15) is 9.59 Å². The summed E-state index contributed by atoms with van der Waals surface area (Å²) < 4.78 is 5.07. The first kappa shape index (κ1) is 14.8. The lowest BCUT2D eigenvalue weighted by molar-refractivity contribution is 0.138. The van der Waals surface area contributed by atoms with E-state index in [4.69, 9.17) is 4.74 Å². The number of amides is 1. The zero-order valence-corrected chi connectivity index (χ0v) is 11.5. The summed E-state index contributed by atoms with van der Waals surface area (Å²) in [6.45, 7) is 0.170. The van der Waals surface area contributed by atoms with Crippen LogP contribution < -0.4 is 5.32 Å². The van der Waals surface area contributed by atoms with Crippen LogP contribution in [-0.4, -0.2) is 18.4 Å². The van der Waals surface area contributed by atoms with Crippen molar-refractivity contribution >= 4 is 12.4 Å². The van der Waals surface area contributed by atoms with E-state index in [0.29, 0.717) is 6.42 Å². The number of nitrogens with one attached hydrogen (secondary N) is 1. The molecule has 0 aliphatic rings. The van der Waals surface area contributed by atoms with Crippen LogP contribution in [0.25, 0.3) is 0 Å². The number of rotatable bonds is 6. The Bertz CT molecular complexity index is 569. The average Bonchev–Trinajstić information content (AvgIpc) is 2.54. The Hall–Kier alpha value is -2.62. The highest BCUT2D eigenvalue weighted by atomic mass is 16.5. The van der Waals surface area contributed by atoms with Crippen molar-refractivity contribution in [3.63, 3.8) is 0 Å². The zero-order valence-electron chi connectivity index (χ0n) is 11.5. The van der Waals surface area contributed by atoms with Gasteiger partial charge in [0.15, 0.2) is 0 Å². The van der Waals surface area contributed by atoms with Gasteiger partial charge in [-0.15, -0.1) is 0 Å². The number of carbonyl (C=O) groups is 1. The summed E-state index contributed by atoms with van der Waals surface area (Å²) in [6.07, 6.45) is 1.59. The molecule has 0 aliphatic carbocycles. The second-order valence-corrected chi connectivity index (χ2v) is 4.57. The lowest BCUT2D eigenvalue weighted by Gasteiger charge is -2.12. The van der Waals surface area contributed by atoms with Gasteiger partial charge < -0.3 is 10.1 Å². The summed E-state index contributed by atoms with van der Waals surface area (Å²) >= 11 is 0. The molecular weight excluding hydrogens is 266 g/mol. The summed E-state index contributed by atoms with van der Waals surface area (Å²) in [5.41, 5.74) is 1.84. The average molecular weight is 282 g/mol. The fourth-order valence-electron chi connectivity index (χ4n) is 1.88. The quantitative estimate of drug-likeness (QED) is 0.886. The Labute approximate surface area is 123 Å². The second-order valence-electron chi connectivity index (χ2n) is 4.57. The third kappa shape index (κ3) is 5.10. The number of hydrogen-bond acceptors (Lipinski definition) is 3. The predicted molar refractivity (Wildman–Crippen MR) is 79.4 cm³/mol. The molecule has 1 amide bonds. The normalized spacial score (nSPS) is 11.4. The first-order valence-corrected chi connectivity index (χ1v) is 6.67. The molecule has 0 heterocycles. The van der Waals surface area contributed by atoms with E-state index in [1.165, 1.54) is 0 Å². The van der Waals surface area contributed by atoms with E-state index in [0.717, 1.165) is 11.1 Å². The van der Waals surface area contributed by atoms with Gasteiger partial charge in [0.1, 0.15) is 12.6 Å². The molecule has 0 unspecified atom stereocenters. The minimum Gasteiger partial charge on any atom is -0.445 e. The van der Waals surface area contributed by atoms with Gasteiger partial charge in [0.2, 0.25) is 6.29 Å². The van der Waals surface area contributed by atoms with Gasteiger partial charge in [0, 0.05) is 6.42 Å². The van der Waals surface area contributed by atoms with Crippen molar-refractivity contribution in [1.82, 2.24) is 5.32 Å². The Balaban J connectivity index is 1.81. The standard InChI is InChI=1S/C17H16NO3/c19-12-16(11-14-7-3-1-4-8-14)18-17(20)21-13-15-9-5-2-6-10-15/h1-10,16H,11,13H2,(H,18,20)/t16-/m1/s1. The molecule has 0 saturated carbocycles. The molecule has 0 spiro atoms. The molecule has 0 bridgehead atoms. The van der Waals surface area contributed by atoms with E-state index in [1.54, 1.807) is 0 Å². The lowest BCUT2D eigenvalue weighted by atomic mass is 10.1. The summed E-state index contributed by atoms with van der Waals surface area (Å²) in [4.78, 5) is 22.6. The topological polar surface area (TPSA) is 55.4 Å². The predicted octanol–water partition coefficient (Wildman–Crippen LogP) is 2.63. The van der Waals surface area contributed by atoms with Gasteiger partial charge in [-0.3, -0.25) is 4.79 Å². The highest BCUT2D eigenvalue weighted by Gasteiger charge is 2.13. The monoisotopic (exact) mass is 282 g/mol. The molecule has 4 nitrogen and oxygen atoms in total. The number of carbonyl (C=O) groups excluding carboxylic acids is 2. The van der Waals surface area contributed by atoms with E-state index in [-0.39, 0.29) is 6.61 Å². The van der Waals surface area contributed by atoms with Crippen LogP contribution in [0.15, 0.2) is 60.7 Å². The Kier molecular flexibility index (Phi) is 5.52. The summed E-state index contributed by atoms with van der Waals surface area (Å²) in [5, 5.41) is 2.50. The molecule has 0 fully saturated rings. The van der Waals surface area contributed by atoms with E-state index in [1.807, 2.05) is 66.9 Å². The minimum atomic E-state index is -0.712. The minimum absolute atomic E-state index is 0.170. The maximum absolute atomic E-state index is 11.7. The second kappa shape index (κ2) is 7.85. The van der Waals surface area contributed by atoms with Crippen LogP contribution >= 0.6 is 0 Å². The highest BCUT2D eigenvalue weighted by Crippen LogP contribution is 2.03. The highest BCUT2D eigenvalue weighted by molar-refractivity contribution is 5.73. The molecule has 107 valence electrons. The lowest BCUT2D eigenvalue weighted by Crippen LogP contribution is -2.37. The molecular formula is C17H16NO3. The Morgan fingerprint density at radius 2 is 1.57 bits per heavy atom. The van der Waals surface area contributed by atoms with Crippen molar-refractivity contribution in [3.8, 4) is 0 Å². The van der Waals surface area contributed by atoms with Crippen LogP contribution in [0.1, 0.15) is 11.1 Å². The number of benzene rings is 2. The van der Waals surface area contributed by atoms with E-state index < -0.39 is 12.1 Å². The molecule has 0 saturated heterocycles. The molecule has 2 rings (SSSR count). The van der Waals surface area contributed by atoms with Gasteiger partial charge in [-0.1, -0.05) is 60.7 Å². The Morgan fingerprint density at radius 3 is 2.14 bits per heavy atom. The molecule has 0 aliphatic heterocycles. The van der Waals surface area contributed by atoms with Crippen LogP contribution in [-0.2, 0) is 22.6 Å². The van der Waals surface area contributed by atoms with Crippen molar-refractivity contribution in [3.05, 3.63) is 71.8 Å². The van der Waals surface area contributed by atoms with Crippen molar-refractivity contribution in [2.75, 3.05) is 0 Å². The number of hydrogen-bond donors (Lipinski definition) is 1. The van der Waals surface area contributed by atoms with E-state index in [2.05, 4.69) is 5.32 Å². The smallest absolute Gasteiger partial charge is 0.408 e. The molecule has 2 aromatic carbocycles. The van der Waals surface area contributed by atoms with Crippen LogP contribution in [0.4, 0.5) is 4.79 Å². The number of ether oxygens (including phenoxy) is 1. The third-order valence-corrected chi connectivity index (χ3v) is 2.93. The van der Waals surface area contributed by atoms with Gasteiger partial charge in [0.05, 0.1) is 0 Å². The largest absolute Gasteiger partial charge is 0.445 e. The molecule has 0 aromatic heterocycles. The molecule has 1 N–H and O–H groups in total. The van der Waals surface area contributed by atoms with Crippen LogP contribution in [0.3, 0.4) is 0 Å². The third-order valence-electron chi connectivity index (χ3n) is 2.93. The summed E-state index contributed by atoms with van der Waals surface area (Å²) in [5.74, 6) is 0. The van der Waals surface area contributed by atoms with Crippen LogP contribution in [0, 0.1) is 0 Å². The van der Waals surface area contributed by atoms with Crippen molar-refractivity contribution in [1.29, 1.82) is 0 Å². The van der Waals surface area contributed by atoms with Crippen LogP contribution in [0.2, 0.25) is 0 Å². The van der Waals surface area contributed by atoms with Gasteiger partial charge >= 0.3 is 6.09 Å². The molecule has 21 heavy (non-hydrogen) atoms. The zero-order chi connectivity index (χ0) is 14.9. The molecule has 1 atom stereocenters. The fraction of sp³-hybridized carbons (Fsp3) is 0.176. The maximum Gasteiger partial charge on any atom is 0.408 e. The fourth-order valence-corrected chi connectivity index (χ4v) is 1.88. The maximum atomic E-state index is 11.7. The van der Waals surface area contributed by atoms with Crippen molar-refractivity contribution in [2.45, 2.75) is 19.1 Å². The Morgan fingerprint density at radius 1 is 1.00 bits per heavy atom. The van der Waals surface area contributed by atoms with Crippen LogP contribution in [0.5, 0.6) is 0 Å². The SMILES string of the molecule is O=[C][C@@H](Cc1ccccc1)NC(=O)OCc1ccccc1. The van der Waals surface area contributed by atoms with Gasteiger partial charge in [-0.05, 0) is 11.1 Å². The van der Waals surface area contributed by atoms with Gasteiger partial charge in [-0.2, -0.15) is 0 Å². The molecule has 2 aromatic rings. The molecule has 4 heteroatoms. The first-order valence-electron chi connectivity index (χ1n) is 6.67. The van der Waals surface area contributed by atoms with E-state index >= 15 is 0 Å². The van der Waals surface area contributed by atoms with Crippen molar-refractivity contribution < 1.29 is 14.3 Å². The van der Waals surface area contributed by atoms with Crippen molar-refractivity contribution in [2.24, 2.45) is 0 Å².